The van der Waals surface area contributed by atoms with Crippen molar-refractivity contribution >= 4 is 16.6 Å². The van der Waals surface area contributed by atoms with Gasteiger partial charge in [-0.05, 0) is 65.9 Å². The van der Waals surface area contributed by atoms with Gasteiger partial charge in [-0.2, -0.15) is 0 Å². The van der Waals surface area contributed by atoms with Gasteiger partial charge in [-0.15, -0.1) is 0 Å². The Morgan fingerprint density at radius 1 is 0.781 bits per heavy atom. The lowest BCUT2D eigenvalue weighted by Gasteiger charge is -2.34. The molecule has 1 saturated heterocycles. The van der Waals surface area contributed by atoms with Crippen molar-refractivity contribution in [2.24, 2.45) is 5.73 Å². The van der Waals surface area contributed by atoms with E-state index >= 15 is 0 Å². The van der Waals surface area contributed by atoms with Gasteiger partial charge in [0.1, 0.15) is 17.5 Å². The highest BCUT2D eigenvalue weighted by Gasteiger charge is 2.23. The zero-order valence-electron chi connectivity index (χ0n) is 17.4. The number of nitrogens with two attached hydrogens (primary N) is 1. The molecule has 0 atom stereocenters. The van der Waals surface area contributed by atoms with Crippen molar-refractivity contribution in [1.29, 1.82) is 0 Å². The molecule has 2 N–H and O–H groups in total. The number of hydrogen-bond acceptors (Lipinski definition) is 3. The molecule has 1 aromatic heterocycles. The van der Waals surface area contributed by atoms with Crippen molar-refractivity contribution in [2.45, 2.75) is 18.9 Å². The predicted octanol–water partition coefficient (Wildman–Crippen LogP) is 5.91. The molecule has 3 nitrogen and oxygen atoms in total. The third-order valence-corrected chi connectivity index (χ3v) is 6.03. The van der Waals surface area contributed by atoms with E-state index in [9.17, 15) is 13.2 Å². The SMILES string of the molecule is NC1CCN(c2c(-c3cc(F)cc(F)c3)cnc3ccc(-c4cccc(F)c4)cc23)CC1. The quantitative estimate of drug-likeness (QED) is 0.437. The maximum absolute atomic E-state index is 14.0. The fraction of sp³-hybridized carbons (Fsp3) is 0.192. The number of halogens is 3. The minimum atomic E-state index is -0.639. The molecule has 4 aromatic rings. The van der Waals surface area contributed by atoms with E-state index in [1.165, 1.54) is 24.3 Å². The Bertz CT molecular complexity index is 1280. The predicted molar refractivity (Wildman–Crippen MR) is 122 cm³/mol. The summed E-state index contributed by atoms with van der Waals surface area (Å²) >= 11 is 0. The van der Waals surface area contributed by atoms with Gasteiger partial charge in [-0.3, -0.25) is 4.98 Å². The molecule has 1 aliphatic heterocycles. The molecule has 32 heavy (non-hydrogen) atoms. The summed E-state index contributed by atoms with van der Waals surface area (Å²) in [5.74, 6) is -1.59. The van der Waals surface area contributed by atoms with Gasteiger partial charge in [-0.25, -0.2) is 13.2 Å². The molecule has 6 heteroatoms. The van der Waals surface area contributed by atoms with Gasteiger partial charge in [0.05, 0.1) is 11.2 Å². The summed E-state index contributed by atoms with van der Waals surface area (Å²) in [6.45, 7) is 1.46. The van der Waals surface area contributed by atoms with Gasteiger partial charge in [0.2, 0.25) is 0 Å². The van der Waals surface area contributed by atoms with Crippen LogP contribution in [0.15, 0.2) is 66.9 Å². The summed E-state index contributed by atoms with van der Waals surface area (Å²) < 4.78 is 41.9. The zero-order chi connectivity index (χ0) is 22.2. The molecule has 3 aromatic carbocycles. The Morgan fingerprint density at radius 2 is 1.47 bits per heavy atom. The second-order valence-corrected chi connectivity index (χ2v) is 8.25. The first-order valence-electron chi connectivity index (χ1n) is 10.6. The molecule has 1 aliphatic rings. The molecule has 162 valence electrons. The van der Waals surface area contributed by atoms with Crippen LogP contribution in [0.5, 0.6) is 0 Å². The average molecular weight is 433 g/mol. The zero-order valence-corrected chi connectivity index (χ0v) is 17.4. The maximum atomic E-state index is 14.0. The smallest absolute Gasteiger partial charge is 0.126 e. The fourth-order valence-corrected chi connectivity index (χ4v) is 4.41. The van der Waals surface area contributed by atoms with Gasteiger partial charge in [0.25, 0.3) is 0 Å². The molecule has 0 radical (unpaired) electrons. The van der Waals surface area contributed by atoms with Crippen LogP contribution < -0.4 is 10.6 Å². The molecular formula is C26H22F3N3. The minimum Gasteiger partial charge on any atom is -0.370 e. The third-order valence-electron chi connectivity index (χ3n) is 6.03. The number of hydrogen-bond donors (Lipinski definition) is 1. The van der Waals surface area contributed by atoms with Crippen molar-refractivity contribution in [2.75, 3.05) is 18.0 Å². The molecule has 5 rings (SSSR count). The fourth-order valence-electron chi connectivity index (χ4n) is 4.41. The maximum Gasteiger partial charge on any atom is 0.126 e. The molecule has 0 amide bonds. The molecule has 0 saturated carbocycles. The van der Waals surface area contributed by atoms with Crippen molar-refractivity contribution < 1.29 is 13.2 Å². The number of fused-ring (bicyclic) bond motifs is 1. The monoisotopic (exact) mass is 433 g/mol. The van der Waals surface area contributed by atoms with E-state index in [0.717, 1.165) is 59.7 Å². The summed E-state index contributed by atoms with van der Waals surface area (Å²) in [6, 6.07) is 15.8. The third kappa shape index (κ3) is 3.94. The largest absolute Gasteiger partial charge is 0.370 e. The summed E-state index contributed by atoms with van der Waals surface area (Å²) in [4.78, 5) is 6.78. The molecule has 0 unspecified atom stereocenters. The molecule has 0 aliphatic carbocycles. The highest BCUT2D eigenvalue weighted by atomic mass is 19.1. The minimum absolute atomic E-state index is 0.136. The highest BCUT2D eigenvalue weighted by Crippen LogP contribution is 2.39. The van der Waals surface area contributed by atoms with E-state index in [1.807, 2.05) is 24.3 Å². The van der Waals surface area contributed by atoms with Crippen LogP contribution in [-0.2, 0) is 0 Å². The normalized spacial score (nSPS) is 14.8. The van der Waals surface area contributed by atoms with Gasteiger partial charge < -0.3 is 10.6 Å². The molecule has 2 heterocycles. The first-order valence-corrected chi connectivity index (χ1v) is 10.6. The van der Waals surface area contributed by atoms with E-state index in [4.69, 9.17) is 5.73 Å². The lowest BCUT2D eigenvalue weighted by molar-refractivity contribution is 0.502. The van der Waals surface area contributed by atoms with Gasteiger partial charge in [0, 0.05) is 42.3 Å². The van der Waals surface area contributed by atoms with Crippen LogP contribution in [0.1, 0.15) is 12.8 Å². The van der Waals surface area contributed by atoms with E-state index in [1.54, 1.807) is 12.3 Å². The van der Waals surface area contributed by atoms with E-state index in [-0.39, 0.29) is 11.9 Å². The highest BCUT2D eigenvalue weighted by molar-refractivity contribution is 6.01. The lowest BCUT2D eigenvalue weighted by atomic mass is 9.96. The Balaban J connectivity index is 1.74. The Morgan fingerprint density at radius 3 is 2.19 bits per heavy atom. The standard InChI is InChI=1S/C26H22F3N3/c27-19-3-1-2-16(10-19)17-4-5-25-23(13-17)26(32-8-6-22(30)7-9-32)24(15-31-25)18-11-20(28)14-21(29)12-18/h1-5,10-15,22H,6-9,30H2. The first-order chi connectivity index (χ1) is 15.5. The van der Waals surface area contributed by atoms with Crippen LogP contribution in [0.2, 0.25) is 0 Å². The first kappa shape index (κ1) is 20.5. The molecule has 0 bridgehead atoms. The summed E-state index contributed by atoms with van der Waals surface area (Å²) in [6.07, 6.45) is 3.32. The van der Waals surface area contributed by atoms with Crippen LogP contribution >= 0.6 is 0 Å². The van der Waals surface area contributed by atoms with Gasteiger partial charge >= 0.3 is 0 Å². The second-order valence-electron chi connectivity index (χ2n) is 8.25. The number of nitrogens with zero attached hydrogens (tertiary/aromatic N) is 2. The lowest BCUT2D eigenvalue weighted by Crippen LogP contribution is -2.40. The summed E-state index contributed by atoms with van der Waals surface area (Å²) in [5.41, 5.74) is 10.4. The van der Waals surface area contributed by atoms with Crippen molar-refractivity contribution in [3.63, 3.8) is 0 Å². The van der Waals surface area contributed by atoms with Gasteiger partial charge in [0.15, 0.2) is 0 Å². The van der Waals surface area contributed by atoms with Gasteiger partial charge in [-0.1, -0.05) is 18.2 Å². The van der Waals surface area contributed by atoms with E-state index < -0.39 is 11.6 Å². The second kappa shape index (κ2) is 8.28. The Hall–Kier alpha value is -3.38. The Kier molecular flexibility index (Phi) is 5.31. The number of rotatable bonds is 3. The van der Waals surface area contributed by atoms with Crippen molar-refractivity contribution in [3.8, 4) is 22.3 Å². The number of benzene rings is 3. The van der Waals surface area contributed by atoms with E-state index in [0.29, 0.717) is 11.1 Å². The number of pyridine rings is 1. The van der Waals surface area contributed by atoms with E-state index in [2.05, 4.69) is 9.88 Å². The topological polar surface area (TPSA) is 42.1 Å². The number of aromatic nitrogens is 1. The van der Waals surface area contributed by atoms with Crippen LogP contribution in [-0.4, -0.2) is 24.1 Å². The summed E-state index contributed by atoms with van der Waals surface area (Å²) in [7, 11) is 0. The summed E-state index contributed by atoms with van der Waals surface area (Å²) in [5, 5.41) is 0.851. The van der Waals surface area contributed by atoms with Crippen LogP contribution in [0.25, 0.3) is 33.2 Å². The molecule has 0 spiro atoms. The number of anilines is 1. The number of piperidine rings is 1. The van der Waals surface area contributed by atoms with Crippen molar-refractivity contribution in [1.82, 2.24) is 4.98 Å². The van der Waals surface area contributed by atoms with Crippen LogP contribution in [0.4, 0.5) is 18.9 Å². The molecule has 1 fully saturated rings. The average Bonchev–Trinajstić information content (AvgIpc) is 2.78. The molecular weight excluding hydrogens is 411 g/mol. The Labute approximate surface area is 184 Å². The van der Waals surface area contributed by atoms with Crippen LogP contribution in [0.3, 0.4) is 0 Å². The van der Waals surface area contributed by atoms with Crippen molar-refractivity contribution in [3.05, 3.63) is 84.3 Å². The van der Waals surface area contributed by atoms with Crippen LogP contribution in [0, 0.1) is 17.5 Å².